The van der Waals surface area contributed by atoms with E-state index in [1.807, 2.05) is 31.2 Å². The standard InChI is InChI=1S/C23H25N3O2/c1-17-2-6-19(7-3-17)23(28)20-10-13-26(14-11-20)15-12-22(27)25-21-8-4-18(16-24)5-9-21/h2-9,20H,10-15H2,1H3,(H,25,27). The molecule has 0 atom stereocenters. The minimum absolute atomic E-state index is 0.0393. The molecule has 0 unspecified atom stereocenters. The molecule has 1 heterocycles. The number of likely N-dealkylation sites (tertiary alicyclic amines) is 1. The second kappa shape index (κ2) is 9.29. The van der Waals surface area contributed by atoms with E-state index in [2.05, 4.69) is 16.3 Å². The Morgan fingerprint density at radius 1 is 1.07 bits per heavy atom. The zero-order chi connectivity index (χ0) is 19.9. The van der Waals surface area contributed by atoms with Gasteiger partial charge in [-0.1, -0.05) is 29.8 Å². The number of ketones is 1. The minimum Gasteiger partial charge on any atom is -0.326 e. The quantitative estimate of drug-likeness (QED) is 0.780. The number of benzene rings is 2. The number of hydrogen-bond donors (Lipinski definition) is 1. The van der Waals surface area contributed by atoms with Crippen molar-refractivity contribution in [1.29, 1.82) is 5.26 Å². The van der Waals surface area contributed by atoms with Gasteiger partial charge in [-0.25, -0.2) is 0 Å². The second-order valence-corrected chi connectivity index (χ2v) is 7.33. The summed E-state index contributed by atoms with van der Waals surface area (Å²) in [6.07, 6.45) is 2.09. The average Bonchev–Trinajstić information content (AvgIpc) is 2.73. The topological polar surface area (TPSA) is 73.2 Å². The number of nitriles is 1. The van der Waals surface area contributed by atoms with Crippen LogP contribution in [0.5, 0.6) is 0 Å². The largest absolute Gasteiger partial charge is 0.326 e. The van der Waals surface area contributed by atoms with Gasteiger partial charge < -0.3 is 10.2 Å². The molecule has 0 spiro atoms. The van der Waals surface area contributed by atoms with Crippen molar-refractivity contribution >= 4 is 17.4 Å². The van der Waals surface area contributed by atoms with E-state index in [0.29, 0.717) is 24.2 Å². The van der Waals surface area contributed by atoms with Crippen LogP contribution in [-0.2, 0) is 4.79 Å². The van der Waals surface area contributed by atoms with Crippen LogP contribution in [0.2, 0.25) is 0 Å². The average molecular weight is 375 g/mol. The third-order valence-electron chi connectivity index (χ3n) is 5.25. The van der Waals surface area contributed by atoms with E-state index in [0.717, 1.165) is 37.1 Å². The lowest BCUT2D eigenvalue weighted by atomic mass is 9.88. The van der Waals surface area contributed by atoms with Crippen LogP contribution in [0.15, 0.2) is 48.5 Å². The second-order valence-electron chi connectivity index (χ2n) is 7.33. The van der Waals surface area contributed by atoms with Gasteiger partial charge in [0, 0.05) is 30.1 Å². The Bertz CT molecular complexity index is 858. The number of aryl methyl sites for hydroxylation is 1. The predicted molar refractivity (Wildman–Crippen MR) is 109 cm³/mol. The summed E-state index contributed by atoms with van der Waals surface area (Å²) in [5.41, 5.74) is 3.23. The van der Waals surface area contributed by atoms with Gasteiger partial charge >= 0.3 is 0 Å². The van der Waals surface area contributed by atoms with Gasteiger partial charge in [0.2, 0.25) is 5.91 Å². The molecule has 1 aliphatic heterocycles. The van der Waals surface area contributed by atoms with Crippen LogP contribution in [-0.4, -0.2) is 36.2 Å². The maximum Gasteiger partial charge on any atom is 0.225 e. The number of rotatable bonds is 6. The highest BCUT2D eigenvalue weighted by Gasteiger charge is 2.25. The SMILES string of the molecule is Cc1ccc(C(=O)C2CCN(CCC(=O)Nc3ccc(C#N)cc3)CC2)cc1. The number of amides is 1. The molecule has 1 amide bonds. The van der Waals surface area contributed by atoms with Crippen molar-refractivity contribution in [3.05, 3.63) is 65.2 Å². The lowest BCUT2D eigenvalue weighted by Gasteiger charge is -2.31. The Morgan fingerprint density at radius 2 is 1.71 bits per heavy atom. The highest BCUT2D eigenvalue weighted by molar-refractivity contribution is 5.98. The molecule has 28 heavy (non-hydrogen) atoms. The molecule has 1 fully saturated rings. The van der Waals surface area contributed by atoms with Gasteiger partial charge in [-0.15, -0.1) is 0 Å². The fourth-order valence-electron chi connectivity index (χ4n) is 3.48. The first kappa shape index (κ1) is 19.8. The molecule has 2 aromatic carbocycles. The Balaban J connectivity index is 1.41. The van der Waals surface area contributed by atoms with Gasteiger partial charge in [-0.05, 0) is 57.1 Å². The summed E-state index contributed by atoms with van der Waals surface area (Å²) in [7, 11) is 0. The van der Waals surface area contributed by atoms with Crippen LogP contribution >= 0.6 is 0 Å². The molecule has 0 aliphatic carbocycles. The third-order valence-corrected chi connectivity index (χ3v) is 5.25. The number of nitrogens with one attached hydrogen (secondary N) is 1. The van der Waals surface area contributed by atoms with E-state index in [4.69, 9.17) is 5.26 Å². The highest BCUT2D eigenvalue weighted by Crippen LogP contribution is 2.22. The summed E-state index contributed by atoms with van der Waals surface area (Å²) in [6, 6.07) is 16.7. The lowest BCUT2D eigenvalue weighted by Crippen LogP contribution is -2.38. The number of hydrogen-bond acceptors (Lipinski definition) is 4. The summed E-state index contributed by atoms with van der Waals surface area (Å²) < 4.78 is 0. The number of nitrogens with zero attached hydrogens (tertiary/aromatic N) is 2. The smallest absolute Gasteiger partial charge is 0.225 e. The van der Waals surface area contributed by atoms with Gasteiger partial charge in [0.05, 0.1) is 11.6 Å². The third kappa shape index (κ3) is 5.28. The molecule has 5 nitrogen and oxygen atoms in total. The normalized spacial score (nSPS) is 15.0. The molecule has 144 valence electrons. The summed E-state index contributed by atoms with van der Waals surface area (Å²) in [6.45, 7) is 4.39. The molecule has 0 radical (unpaired) electrons. The van der Waals surface area contributed by atoms with Crippen LogP contribution in [0.4, 0.5) is 5.69 Å². The molecule has 1 saturated heterocycles. The maximum absolute atomic E-state index is 12.6. The monoisotopic (exact) mass is 375 g/mol. The van der Waals surface area contributed by atoms with E-state index in [-0.39, 0.29) is 17.6 Å². The van der Waals surface area contributed by atoms with E-state index < -0.39 is 0 Å². The Labute approximate surface area is 166 Å². The van der Waals surface area contributed by atoms with Crippen LogP contribution in [0.3, 0.4) is 0 Å². The molecule has 1 aliphatic rings. The molecule has 0 bridgehead atoms. The number of Topliss-reactive ketones (excluding diaryl/α,β-unsaturated/α-hetero) is 1. The van der Waals surface area contributed by atoms with Crippen molar-refractivity contribution in [3.63, 3.8) is 0 Å². The van der Waals surface area contributed by atoms with Crippen molar-refractivity contribution in [3.8, 4) is 6.07 Å². The molecule has 3 rings (SSSR count). The first-order valence-corrected chi connectivity index (χ1v) is 9.68. The van der Waals surface area contributed by atoms with Gasteiger partial charge in [-0.3, -0.25) is 9.59 Å². The summed E-state index contributed by atoms with van der Waals surface area (Å²) in [5, 5.41) is 11.7. The first-order valence-electron chi connectivity index (χ1n) is 9.68. The molecule has 2 aromatic rings. The summed E-state index contributed by atoms with van der Waals surface area (Å²) in [5.74, 6) is 0.271. The molecule has 0 saturated carbocycles. The van der Waals surface area contributed by atoms with Crippen LogP contribution < -0.4 is 5.32 Å². The van der Waals surface area contributed by atoms with Crippen molar-refractivity contribution in [2.75, 3.05) is 25.0 Å². The summed E-state index contributed by atoms with van der Waals surface area (Å²) >= 11 is 0. The predicted octanol–water partition coefficient (Wildman–Crippen LogP) is 3.79. The maximum atomic E-state index is 12.6. The van der Waals surface area contributed by atoms with E-state index in [9.17, 15) is 9.59 Å². The van der Waals surface area contributed by atoms with E-state index in [1.165, 1.54) is 0 Å². The van der Waals surface area contributed by atoms with Crippen LogP contribution in [0.1, 0.15) is 40.7 Å². The zero-order valence-electron chi connectivity index (χ0n) is 16.1. The lowest BCUT2D eigenvalue weighted by molar-refractivity contribution is -0.116. The highest BCUT2D eigenvalue weighted by atomic mass is 16.1. The van der Waals surface area contributed by atoms with Crippen LogP contribution in [0.25, 0.3) is 0 Å². The molecular formula is C23H25N3O2. The number of carbonyl (C=O) groups excluding carboxylic acids is 2. The van der Waals surface area contributed by atoms with Gasteiger partial charge in [0.15, 0.2) is 5.78 Å². The molecule has 5 heteroatoms. The molecular weight excluding hydrogens is 350 g/mol. The van der Waals surface area contributed by atoms with E-state index >= 15 is 0 Å². The van der Waals surface area contributed by atoms with Crippen molar-refractivity contribution in [2.45, 2.75) is 26.2 Å². The number of anilines is 1. The van der Waals surface area contributed by atoms with Crippen molar-refractivity contribution < 1.29 is 9.59 Å². The Kier molecular flexibility index (Phi) is 6.57. The van der Waals surface area contributed by atoms with Gasteiger partial charge in [0.25, 0.3) is 0 Å². The minimum atomic E-state index is -0.0393. The number of carbonyl (C=O) groups is 2. The van der Waals surface area contributed by atoms with Gasteiger partial charge in [0.1, 0.15) is 0 Å². The first-order chi connectivity index (χ1) is 13.5. The molecule has 1 N–H and O–H groups in total. The Hall–Kier alpha value is -2.97. The van der Waals surface area contributed by atoms with Crippen LogP contribution in [0, 0.1) is 24.2 Å². The fourth-order valence-corrected chi connectivity index (χ4v) is 3.48. The molecule has 0 aromatic heterocycles. The summed E-state index contributed by atoms with van der Waals surface area (Å²) in [4.78, 5) is 27.0. The number of piperidine rings is 1. The van der Waals surface area contributed by atoms with Crippen molar-refractivity contribution in [1.82, 2.24) is 4.90 Å². The Morgan fingerprint density at radius 3 is 2.32 bits per heavy atom. The van der Waals surface area contributed by atoms with Crippen molar-refractivity contribution in [2.24, 2.45) is 5.92 Å². The fraction of sp³-hybridized carbons (Fsp3) is 0.348. The van der Waals surface area contributed by atoms with Gasteiger partial charge in [-0.2, -0.15) is 5.26 Å². The zero-order valence-corrected chi connectivity index (χ0v) is 16.1. The van der Waals surface area contributed by atoms with E-state index in [1.54, 1.807) is 24.3 Å².